The Morgan fingerprint density at radius 1 is 1.20 bits per heavy atom. The van der Waals surface area contributed by atoms with Crippen molar-refractivity contribution < 1.29 is 19.1 Å². The Bertz CT molecular complexity index is 579. The SMILES string of the molecule is COCCN(CC(=O)Nc1ccccc1C(C)C)C(=O)OC(C)(C)C. The molecule has 6 nitrogen and oxygen atoms in total. The van der Waals surface area contributed by atoms with Crippen LogP contribution >= 0.6 is 0 Å². The summed E-state index contributed by atoms with van der Waals surface area (Å²) in [5, 5.41) is 2.89. The summed E-state index contributed by atoms with van der Waals surface area (Å²) in [7, 11) is 1.55. The summed E-state index contributed by atoms with van der Waals surface area (Å²) in [6, 6.07) is 7.66. The first kappa shape index (κ1) is 21.0. The highest BCUT2D eigenvalue weighted by Crippen LogP contribution is 2.23. The maximum absolute atomic E-state index is 12.4. The molecule has 0 unspecified atom stereocenters. The van der Waals surface area contributed by atoms with Crippen LogP contribution in [-0.4, -0.2) is 49.3 Å². The Morgan fingerprint density at radius 2 is 1.84 bits per heavy atom. The van der Waals surface area contributed by atoms with Crippen LogP contribution < -0.4 is 5.32 Å². The molecule has 0 saturated heterocycles. The van der Waals surface area contributed by atoms with E-state index in [9.17, 15) is 9.59 Å². The molecule has 0 bridgehead atoms. The lowest BCUT2D eigenvalue weighted by Crippen LogP contribution is -2.43. The van der Waals surface area contributed by atoms with Crippen molar-refractivity contribution in [1.82, 2.24) is 4.90 Å². The number of para-hydroxylation sites is 1. The zero-order valence-corrected chi connectivity index (χ0v) is 16.1. The van der Waals surface area contributed by atoms with E-state index in [0.717, 1.165) is 11.3 Å². The van der Waals surface area contributed by atoms with Gasteiger partial charge in [-0.05, 0) is 38.3 Å². The van der Waals surface area contributed by atoms with Crippen LogP contribution in [0.25, 0.3) is 0 Å². The van der Waals surface area contributed by atoms with Crippen LogP contribution in [0, 0.1) is 0 Å². The Kier molecular flexibility index (Phi) is 7.90. The minimum atomic E-state index is -0.622. The lowest BCUT2D eigenvalue weighted by atomic mass is 10.0. The summed E-state index contributed by atoms with van der Waals surface area (Å²) in [6.45, 7) is 10.0. The number of amides is 2. The first-order valence-corrected chi connectivity index (χ1v) is 8.49. The summed E-state index contributed by atoms with van der Waals surface area (Å²) in [5.74, 6) is 0.0158. The van der Waals surface area contributed by atoms with Gasteiger partial charge in [-0.15, -0.1) is 0 Å². The third kappa shape index (κ3) is 7.56. The Hall–Kier alpha value is -2.08. The van der Waals surface area contributed by atoms with E-state index in [1.807, 2.05) is 24.3 Å². The largest absolute Gasteiger partial charge is 0.444 e. The fourth-order valence-corrected chi connectivity index (χ4v) is 2.24. The van der Waals surface area contributed by atoms with Gasteiger partial charge in [0.15, 0.2) is 0 Å². The molecule has 1 N–H and O–H groups in total. The normalized spacial score (nSPS) is 11.3. The second-order valence-corrected chi connectivity index (χ2v) is 7.18. The maximum Gasteiger partial charge on any atom is 0.410 e. The monoisotopic (exact) mass is 350 g/mol. The van der Waals surface area contributed by atoms with Crippen LogP contribution in [0.2, 0.25) is 0 Å². The summed E-state index contributed by atoms with van der Waals surface area (Å²) in [6.07, 6.45) is -0.531. The van der Waals surface area contributed by atoms with Gasteiger partial charge >= 0.3 is 6.09 Å². The van der Waals surface area contributed by atoms with Gasteiger partial charge in [-0.2, -0.15) is 0 Å². The van der Waals surface area contributed by atoms with Crippen LogP contribution in [0.15, 0.2) is 24.3 Å². The molecule has 0 fully saturated rings. The van der Waals surface area contributed by atoms with Crippen LogP contribution in [0.3, 0.4) is 0 Å². The van der Waals surface area contributed by atoms with Gasteiger partial charge in [0.25, 0.3) is 0 Å². The number of nitrogens with one attached hydrogen (secondary N) is 1. The summed E-state index contributed by atoms with van der Waals surface area (Å²) in [4.78, 5) is 26.1. The number of anilines is 1. The van der Waals surface area contributed by atoms with Crippen LogP contribution in [-0.2, 0) is 14.3 Å². The van der Waals surface area contributed by atoms with Crippen molar-refractivity contribution in [2.45, 2.75) is 46.1 Å². The summed E-state index contributed by atoms with van der Waals surface area (Å²) in [5.41, 5.74) is 1.19. The summed E-state index contributed by atoms with van der Waals surface area (Å²) < 4.78 is 10.4. The molecule has 0 atom stereocenters. The highest BCUT2D eigenvalue weighted by molar-refractivity contribution is 5.94. The number of nitrogens with zero attached hydrogens (tertiary/aromatic N) is 1. The highest BCUT2D eigenvalue weighted by Gasteiger charge is 2.24. The Morgan fingerprint density at radius 3 is 2.40 bits per heavy atom. The molecular formula is C19H30N2O4. The van der Waals surface area contributed by atoms with E-state index >= 15 is 0 Å². The zero-order chi connectivity index (χ0) is 19.0. The third-order valence-corrected chi connectivity index (χ3v) is 3.41. The van der Waals surface area contributed by atoms with Gasteiger partial charge in [0.1, 0.15) is 12.1 Å². The van der Waals surface area contributed by atoms with Crippen LogP contribution in [0.4, 0.5) is 10.5 Å². The second-order valence-electron chi connectivity index (χ2n) is 7.18. The standard InChI is InChI=1S/C19H30N2O4/c1-14(2)15-9-7-8-10-16(15)20-17(22)13-21(11-12-24-6)18(23)25-19(3,4)5/h7-10,14H,11-13H2,1-6H3,(H,20,22). The molecule has 1 rings (SSSR count). The van der Waals surface area contributed by atoms with Gasteiger partial charge in [0.2, 0.25) is 5.91 Å². The van der Waals surface area contributed by atoms with E-state index in [-0.39, 0.29) is 24.9 Å². The smallest absolute Gasteiger partial charge is 0.410 e. The third-order valence-electron chi connectivity index (χ3n) is 3.41. The van der Waals surface area contributed by atoms with E-state index in [4.69, 9.17) is 9.47 Å². The van der Waals surface area contributed by atoms with Crippen molar-refractivity contribution in [3.8, 4) is 0 Å². The maximum atomic E-state index is 12.4. The molecule has 140 valence electrons. The van der Waals surface area contributed by atoms with E-state index in [1.165, 1.54) is 4.90 Å². The molecular weight excluding hydrogens is 320 g/mol. The number of ether oxygens (including phenoxy) is 2. The van der Waals surface area contributed by atoms with Crippen LogP contribution in [0.1, 0.15) is 46.1 Å². The fourth-order valence-electron chi connectivity index (χ4n) is 2.24. The van der Waals surface area contributed by atoms with Crippen molar-refractivity contribution in [3.05, 3.63) is 29.8 Å². The van der Waals surface area contributed by atoms with Gasteiger partial charge in [0.05, 0.1) is 6.61 Å². The molecule has 0 radical (unpaired) electrons. The van der Waals surface area contributed by atoms with Crippen molar-refractivity contribution in [3.63, 3.8) is 0 Å². The fraction of sp³-hybridized carbons (Fsp3) is 0.579. The second kappa shape index (κ2) is 9.42. The van der Waals surface area contributed by atoms with E-state index in [2.05, 4.69) is 19.2 Å². The van der Waals surface area contributed by atoms with Gasteiger partial charge in [-0.3, -0.25) is 9.69 Å². The van der Waals surface area contributed by atoms with E-state index < -0.39 is 11.7 Å². The predicted molar refractivity (Wildman–Crippen MR) is 98.8 cm³/mol. The van der Waals surface area contributed by atoms with Gasteiger partial charge in [-0.1, -0.05) is 32.0 Å². The number of carbonyl (C=O) groups excluding carboxylic acids is 2. The first-order chi connectivity index (χ1) is 11.6. The molecule has 0 heterocycles. The van der Waals surface area contributed by atoms with Crippen molar-refractivity contribution in [1.29, 1.82) is 0 Å². The molecule has 1 aromatic carbocycles. The van der Waals surface area contributed by atoms with Crippen molar-refractivity contribution in [2.24, 2.45) is 0 Å². The first-order valence-electron chi connectivity index (χ1n) is 8.49. The molecule has 2 amide bonds. The van der Waals surface area contributed by atoms with Gasteiger partial charge < -0.3 is 14.8 Å². The molecule has 1 aromatic rings. The molecule has 0 aromatic heterocycles. The molecule has 0 aliphatic heterocycles. The molecule has 0 spiro atoms. The van der Waals surface area contributed by atoms with Crippen LogP contribution in [0.5, 0.6) is 0 Å². The molecule has 0 aliphatic carbocycles. The minimum Gasteiger partial charge on any atom is -0.444 e. The molecule has 0 aliphatic rings. The zero-order valence-electron chi connectivity index (χ0n) is 16.1. The van der Waals surface area contributed by atoms with Gasteiger partial charge in [-0.25, -0.2) is 4.79 Å². The minimum absolute atomic E-state index is 0.0926. The number of benzene rings is 1. The molecule has 6 heteroatoms. The van der Waals surface area contributed by atoms with E-state index in [0.29, 0.717) is 6.61 Å². The number of rotatable bonds is 7. The summed E-state index contributed by atoms with van der Waals surface area (Å²) >= 11 is 0. The highest BCUT2D eigenvalue weighted by atomic mass is 16.6. The number of hydrogen-bond donors (Lipinski definition) is 1. The molecule has 25 heavy (non-hydrogen) atoms. The van der Waals surface area contributed by atoms with Crippen molar-refractivity contribution >= 4 is 17.7 Å². The van der Waals surface area contributed by atoms with Gasteiger partial charge in [0, 0.05) is 19.3 Å². The topological polar surface area (TPSA) is 67.9 Å². The van der Waals surface area contributed by atoms with E-state index in [1.54, 1.807) is 27.9 Å². The molecule has 0 saturated carbocycles. The average Bonchev–Trinajstić information content (AvgIpc) is 2.49. The quantitative estimate of drug-likeness (QED) is 0.815. The van der Waals surface area contributed by atoms with Crippen molar-refractivity contribution in [2.75, 3.05) is 32.1 Å². The predicted octanol–water partition coefficient (Wildman–Crippen LogP) is 3.63. The number of methoxy groups -OCH3 is 1. The average molecular weight is 350 g/mol. The Balaban J connectivity index is 2.80. The number of hydrogen-bond acceptors (Lipinski definition) is 4. The Labute approximate surface area is 150 Å². The number of carbonyl (C=O) groups is 2. The lowest BCUT2D eigenvalue weighted by Gasteiger charge is -2.27. The lowest BCUT2D eigenvalue weighted by molar-refractivity contribution is -0.117.